The number of hydrogen-bond donors (Lipinski definition) is 1. The molecule has 208 valence electrons. The average molecular weight is 549 g/mol. The third-order valence-electron chi connectivity index (χ3n) is 7.97. The molecule has 2 heterocycles. The van der Waals surface area contributed by atoms with Crippen LogP contribution in [-0.4, -0.2) is 51.3 Å². The molecule has 10 heteroatoms. The highest BCUT2D eigenvalue weighted by atomic mass is 16.7. The van der Waals surface area contributed by atoms with Crippen LogP contribution in [0.25, 0.3) is 0 Å². The van der Waals surface area contributed by atoms with E-state index >= 15 is 0 Å². The van der Waals surface area contributed by atoms with Gasteiger partial charge in [0, 0.05) is 30.5 Å². The number of benzene rings is 3. The summed E-state index contributed by atoms with van der Waals surface area (Å²) in [6, 6.07) is 17.5. The normalized spacial score (nSPS) is 27.3. The molecule has 1 unspecified atom stereocenters. The van der Waals surface area contributed by atoms with Crippen molar-refractivity contribution >= 4 is 11.9 Å². The summed E-state index contributed by atoms with van der Waals surface area (Å²) in [6.07, 6.45) is -1.43. The molecule has 0 saturated heterocycles. The summed E-state index contributed by atoms with van der Waals surface area (Å²) in [6.45, 7) is 1.25. The Hall–Kier alpha value is -4.44. The average Bonchev–Trinajstić information content (AvgIpc) is 3.60. The van der Waals surface area contributed by atoms with Crippen LogP contribution in [0.1, 0.15) is 29.5 Å². The number of aliphatic hydroxyl groups is 1. The van der Waals surface area contributed by atoms with Crippen LogP contribution in [0.4, 0.5) is 0 Å². The second-order valence-corrected chi connectivity index (χ2v) is 9.84. The maximum absolute atomic E-state index is 13.6. The number of rotatable bonds is 6. The molecule has 10 nitrogen and oxygen atoms in total. The number of ether oxygens (including phenoxy) is 7. The second kappa shape index (κ2) is 9.34. The SMILES string of the molecule is COC(=O)C1[C@@H](OC(C)=O)[C@@]2(O)c3c(OC)cc(OC)cc3O[C@@]2(c2ccc3c(c2)OCO3)[C@@H]1c1ccccc1. The van der Waals surface area contributed by atoms with E-state index in [1.54, 1.807) is 30.3 Å². The molecule has 6 rings (SSSR count). The van der Waals surface area contributed by atoms with E-state index in [-0.39, 0.29) is 23.9 Å². The maximum atomic E-state index is 13.6. The Bertz CT molecular complexity index is 1490. The largest absolute Gasteiger partial charge is 0.496 e. The Morgan fingerprint density at radius 1 is 0.925 bits per heavy atom. The van der Waals surface area contributed by atoms with Gasteiger partial charge in [-0.25, -0.2) is 0 Å². The van der Waals surface area contributed by atoms with Gasteiger partial charge in [-0.1, -0.05) is 36.4 Å². The highest BCUT2D eigenvalue weighted by Gasteiger charge is 2.80. The second-order valence-electron chi connectivity index (χ2n) is 9.84. The molecule has 3 aromatic rings. The molecule has 3 aromatic carbocycles. The Kier molecular flexibility index (Phi) is 6.03. The van der Waals surface area contributed by atoms with Gasteiger partial charge in [0.2, 0.25) is 6.79 Å². The van der Waals surface area contributed by atoms with Gasteiger partial charge >= 0.3 is 11.9 Å². The molecule has 1 fully saturated rings. The smallest absolute Gasteiger partial charge is 0.313 e. The van der Waals surface area contributed by atoms with Crippen LogP contribution in [0.3, 0.4) is 0 Å². The number of carbonyl (C=O) groups excluding carboxylic acids is 2. The van der Waals surface area contributed by atoms with Crippen molar-refractivity contribution in [2.75, 3.05) is 28.1 Å². The third kappa shape index (κ3) is 3.38. The zero-order chi connectivity index (χ0) is 28.2. The van der Waals surface area contributed by atoms with Crippen LogP contribution in [0.2, 0.25) is 0 Å². The number of methoxy groups -OCH3 is 3. The Morgan fingerprint density at radius 3 is 2.35 bits per heavy atom. The molecule has 1 aliphatic carbocycles. The van der Waals surface area contributed by atoms with Gasteiger partial charge in [-0.15, -0.1) is 0 Å². The molecule has 40 heavy (non-hydrogen) atoms. The minimum absolute atomic E-state index is 0.0329. The van der Waals surface area contributed by atoms with Crippen molar-refractivity contribution in [1.82, 2.24) is 0 Å². The molecule has 0 bridgehead atoms. The fourth-order valence-electron chi connectivity index (χ4n) is 6.50. The van der Waals surface area contributed by atoms with Crippen molar-refractivity contribution in [2.45, 2.75) is 30.1 Å². The summed E-state index contributed by atoms with van der Waals surface area (Å²) in [7, 11) is 4.20. The first-order valence-corrected chi connectivity index (χ1v) is 12.7. The quantitative estimate of drug-likeness (QED) is 0.459. The maximum Gasteiger partial charge on any atom is 0.313 e. The fraction of sp³-hybridized carbons (Fsp3) is 0.333. The Morgan fingerprint density at radius 2 is 1.68 bits per heavy atom. The first-order chi connectivity index (χ1) is 19.3. The summed E-state index contributed by atoms with van der Waals surface area (Å²) in [5.41, 5.74) is -2.53. The van der Waals surface area contributed by atoms with E-state index in [4.69, 9.17) is 33.2 Å². The molecule has 0 spiro atoms. The zero-order valence-electron chi connectivity index (χ0n) is 22.3. The van der Waals surface area contributed by atoms with Crippen molar-refractivity contribution in [3.05, 3.63) is 77.4 Å². The van der Waals surface area contributed by atoms with E-state index in [2.05, 4.69) is 0 Å². The Labute approximate surface area is 230 Å². The standard InChI is InChI=1S/C30H28O10/c1-16(31)39-27-24(28(32)36-4)25(17-8-6-5-7-9-17)30(18-10-11-20-21(12-18)38-15-37-20)29(27,33)26-22(35-3)13-19(34-2)14-23(26)40-30/h5-14,24-25,27,33H,15H2,1-4H3/t24?,25-,27-,29+,30+/m1/s1. The fourth-order valence-corrected chi connectivity index (χ4v) is 6.50. The van der Waals surface area contributed by atoms with E-state index in [1.165, 1.54) is 28.3 Å². The summed E-state index contributed by atoms with van der Waals surface area (Å²) in [5.74, 6) is -1.59. The first kappa shape index (κ1) is 25.8. The van der Waals surface area contributed by atoms with Crippen LogP contribution >= 0.6 is 0 Å². The zero-order valence-corrected chi connectivity index (χ0v) is 22.3. The number of esters is 2. The van der Waals surface area contributed by atoms with Crippen molar-refractivity contribution in [1.29, 1.82) is 0 Å². The molecule has 1 N–H and O–H groups in total. The number of hydrogen-bond acceptors (Lipinski definition) is 10. The first-order valence-electron chi connectivity index (χ1n) is 12.7. The molecule has 5 atom stereocenters. The van der Waals surface area contributed by atoms with E-state index < -0.39 is 41.1 Å². The highest BCUT2D eigenvalue weighted by molar-refractivity contribution is 5.80. The minimum atomic E-state index is -2.14. The summed E-state index contributed by atoms with van der Waals surface area (Å²) >= 11 is 0. The molecule has 0 amide bonds. The van der Waals surface area contributed by atoms with Crippen molar-refractivity contribution in [2.24, 2.45) is 5.92 Å². The van der Waals surface area contributed by atoms with Gasteiger partial charge in [0.15, 0.2) is 28.8 Å². The lowest BCUT2D eigenvalue weighted by Gasteiger charge is -2.41. The lowest BCUT2D eigenvalue weighted by Crippen LogP contribution is -2.53. The van der Waals surface area contributed by atoms with Gasteiger partial charge in [-0.3, -0.25) is 9.59 Å². The van der Waals surface area contributed by atoms with E-state index in [1.807, 2.05) is 30.3 Å². The molecule has 0 radical (unpaired) electrons. The molecule has 3 aliphatic rings. The molecule has 2 aliphatic heterocycles. The van der Waals surface area contributed by atoms with E-state index in [0.717, 1.165) is 0 Å². The minimum Gasteiger partial charge on any atom is -0.496 e. The lowest BCUT2D eigenvalue weighted by atomic mass is 9.70. The van der Waals surface area contributed by atoms with Crippen LogP contribution in [0.15, 0.2) is 60.7 Å². The van der Waals surface area contributed by atoms with E-state index in [0.29, 0.717) is 28.4 Å². The summed E-state index contributed by atoms with van der Waals surface area (Å²) in [4.78, 5) is 26.2. The topological polar surface area (TPSA) is 119 Å². The van der Waals surface area contributed by atoms with Gasteiger partial charge in [-0.05, 0) is 17.7 Å². The highest BCUT2D eigenvalue weighted by Crippen LogP contribution is 2.71. The van der Waals surface area contributed by atoms with E-state index in [9.17, 15) is 14.7 Å². The van der Waals surface area contributed by atoms with Crippen molar-refractivity contribution < 1.29 is 47.9 Å². The Balaban J connectivity index is 1.74. The summed E-state index contributed by atoms with van der Waals surface area (Å²) in [5, 5.41) is 13.2. The lowest BCUT2D eigenvalue weighted by molar-refractivity contribution is -0.185. The molecule has 1 saturated carbocycles. The molecular weight excluding hydrogens is 520 g/mol. The third-order valence-corrected chi connectivity index (χ3v) is 7.97. The van der Waals surface area contributed by atoms with Gasteiger partial charge in [0.25, 0.3) is 0 Å². The number of carbonyl (C=O) groups is 2. The van der Waals surface area contributed by atoms with Gasteiger partial charge in [0.05, 0.1) is 26.9 Å². The van der Waals surface area contributed by atoms with Crippen molar-refractivity contribution in [3.8, 4) is 28.7 Å². The van der Waals surface area contributed by atoms with Crippen LogP contribution < -0.4 is 23.7 Å². The summed E-state index contributed by atoms with van der Waals surface area (Å²) < 4.78 is 40.4. The molecular formula is C30H28O10. The van der Waals surface area contributed by atoms with Gasteiger partial charge in [-0.2, -0.15) is 0 Å². The van der Waals surface area contributed by atoms with Gasteiger partial charge in [0.1, 0.15) is 23.2 Å². The van der Waals surface area contributed by atoms with Crippen LogP contribution in [0.5, 0.6) is 28.7 Å². The van der Waals surface area contributed by atoms with Crippen molar-refractivity contribution in [3.63, 3.8) is 0 Å². The van der Waals surface area contributed by atoms with Gasteiger partial charge < -0.3 is 38.3 Å². The molecule has 0 aromatic heterocycles. The monoisotopic (exact) mass is 548 g/mol. The van der Waals surface area contributed by atoms with Crippen LogP contribution in [0, 0.1) is 5.92 Å². The number of fused-ring (bicyclic) bond motifs is 4. The predicted octanol–water partition coefficient (Wildman–Crippen LogP) is 3.43. The van der Waals surface area contributed by atoms with Crippen LogP contribution in [-0.2, 0) is 30.3 Å². The predicted molar refractivity (Wildman–Crippen MR) is 139 cm³/mol.